The van der Waals surface area contributed by atoms with Gasteiger partial charge in [-0.15, -0.1) is 0 Å². The highest BCUT2D eigenvalue weighted by molar-refractivity contribution is 5.71. The molecule has 21 heavy (non-hydrogen) atoms. The third-order valence-corrected chi connectivity index (χ3v) is 3.72. The number of aliphatic hydroxyl groups is 1. The summed E-state index contributed by atoms with van der Waals surface area (Å²) in [6, 6.07) is 0. The van der Waals surface area contributed by atoms with Gasteiger partial charge < -0.3 is 19.9 Å². The standard InChI is InChI=1S/C15H27NO5/c1-14(2,3)21-13(19)16-15(8-6-5-7-9-15)11(17)10-12(18)20-4/h11,17H,5-10H2,1-4H3,(H,16,19). The van der Waals surface area contributed by atoms with Crippen LogP contribution in [0.4, 0.5) is 4.79 Å². The predicted molar refractivity (Wildman–Crippen MR) is 77.8 cm³/mol. The van der Waals surface area contributed by atoms with Crippen LogP contribution in [0, 0.1) is 0 Å². The average Bonchev–Trinajstić information content (AvgIpc) is 2.37. The van der Waals surface area contributed by atoms with Gasteiger partial charge in [-0.05, 0) is 33.6 Å². The summed E-state index contributed by atoms with van der Waals surface area (Å²) in [4.78, 5) is 23.4. The van der Waals surface area contributed by atoms with Crippen molar-refractivity contribution in [1.82, 2.24) is 5.32 Å². The van der Waals surface area contributed by atoms with E-state index < -0.39 is 29.3 Å². The van der Waals surface area contributed by atoms with E-state index in [1.165, 1.54) is 7.11 Å². The molecule has 1 rings (SSSR count). The predicted octanol–water partition coefficient (Wildman–Crippen LogP) is 2.14. The lowest BCUT2D eigenvalue weighted by Gasteiger charge is -2.41. The summed E-state index contributed by atoms with van der Waals surface area (Å²) in [5.74, 6) is -0.488. The highest BCUT2D eigenvalue weighted by Crippen LogP contribution is 2.33. The Balaban J connectivity index is 2.78. The summed E-state index contributed by atoms with van der Waals surface area (Å²) in [7, 11) is 1.28. The maximum atomic E-state index is 12.0. The zero-order valence-corrected chi connectivity index (χ0v) is 13.4. The Morgan fingerprint density at radius 3 is 2.29 bits per heavy atom. The van der Waals surface area contributed by atoms with E-state index in [1.54, 1.807) is 20.8 Å². The second-order valence-electron chi connectivity index (χ2n) is 6.64. The van der Waals surface area contributed by atoms with Crippen molar-refractivity contribution in [2.24, 2.45) is 0 Å². The monoisotopic (exact) mass is 301 g/mol. The highest BCUT2D eigenvalue weighted by Gasteiger charge is 2.42. The molecule has 0 aromatic rings. The molecule has 0 spiro atoms. The molecule has 1 aliphatic carbocycles. The molecule has 1 saturated carbocycles. The Labute approximate surface area is 126 Å². The molecule has 0 saturated heterocycles. The molecular formula is C15H27NO5. The van der Waals surface area contributed by atoms with Gasteiger partial charge in [-0.3, -0.25) is 4.79 Å². The molecule has 0 aliphatic heterocycles. The lowest BCUT2D eigenvalue weighted by Crippen LogP contribution is -2.59. The maximum absolute atomic E-state index is 12.0. The van der Waals surface area contributed by atoms with E-state index in [4.69, 9.17) is 4.74 Å². The Bertz CT molecular complexity index is 369. The Hall–Kier alpha value is -1.30. The molecule has 122 valence electrons. The van der Waals surface area contributed by atoms with E-state index in [2.05, 4.69) is 10.1 Å². The highest BCUT2D eigenvalue weighted by atomic mass is 16.6. The third-order valence-electron chi connectivity index (χ3n) is 3.72. The number of hydrogen-bond acceptors (Lipinski definition) is 5. The third kappa shape index (κ3) is 5.53. The number of nitrogens with one attached hydrogen (secondary N) is 1. The van der Waals surface area contributed by atoms with Crippen LogP contribution in [-0.2, 0) is 14.3 Å². The minimum absolute atomic E-state index is 0.133. The van der Waals surface area contributed by atoms with Gasteiger partial charge in [0, 0.05) is 0 Å². The van der Waals surface area contributed by atoms with Crippen LogP contribution in [-0.4, -0.2) is 41.5 Å². The molecule has 1 aliphatic rings. The normalized spacial score (nSPS) is 19.5. The second kappa shape index (κ2) is 7.11. The van der Waals surface area contributed by atoms with Gasteiger partial charge in [-0.1, -0.05) is 19.3 Å². The molecule has 1 amide bonds. The van der Waals surface area contributed by atoms with Crippen molar-refractivity contribution in [1.29, 1.82) is 0 Å². The molecule has 1 atom stereocenters. The number of carbonyl (C=O) groups is 2. The smallest absolute Gasteiger partial charge is 0.408 e. The van der Waals surface area contributed by atoms with Crippen molar-refractivity contribution < 1.29 is 24.2 Å². The minimum Gasteiger partial charge on any atom is -0.469 e. The lowest BCUT2D eigenvalue weighted by atomic mass is 9.76. The second-order valence-corrected chi connectivity index (χ2v) is 6.64. The molecule has 0 aromatic heterocycles. The van der Waals surface area contributed by atoms with Crippen LogP contribution in [0.3, 0.4) is 0 Å². The van der Waals surface area contributed by atoms with Crippen molar-refractivity contribution in [2.75, 3.05) is 7.11 Å². The maximum Gasteiger partial charge on any atom is 0.408 e. The minimum atomic E-state index is -0.974. The van der Waals surface area contributed by atoms with E-state index in [0.717, 1.165) is 19.3 Å². The van der Waals surface area contributed by atoms with Gasteiger partial charge >= 0.3 is 12.1 Å². The molecule has 0 heterocycles. The van der Waals surface area contributed by atoms with E-state index >= 15 is 0 Å². The van der Waals surface area contributed by atoms with Crippen LogP contribution in [0.25, 0.3) is 0 Å². The van der Waals surface area contributed by atoms with Crippen LogP contribution in [0.5, 0.6) is 0 Å². The van der Waals surface area contributed by atoms with Crippen LogP contribution in [0.2, 0.25) is 0 Å². The van der Waals surface area contributed by atoms with E-state index in [9.17, 15) is 14.7 Å². The molecule has 6 nitrogen and oxygen atoms in total. The number of ether oxygens (including phenoxy) is 2. The van der Waals surface area contributed by atoms with Crippen molar-refractivity contribution >= 4 is 12.1 Å². The van der Waals surface area contributed by atoms with Gasteiger partial charge in [0.05, 0.1) is 25.2 Å². The van der Waals surface area contributed by atoms with Crippen LogP contribution in [0.15, 0.2) is 0 Å². The van der Waals surface area contributed by atoms with Crippen LogP contribution >= 0.6 is 0 Å². The number of alkyl carbamates (subject to hydrolysis) is 1. The number of carbonyl (C=O) groups excluding carboxylic acids is 2. The van der Waals surface area contributed by atoms with Gasteiger partial charge in [0.25, 0.3) is 0 Å². The fourth-order valence-corrected chi connectivity index (χ4v) is 2.67. The number of aliphatic hydroxyl groups excluding tert-OH is 1. The van der Waals surface area contributed by atoms with Crippen LogP contribution < -0.4 is 5.32 Å². The van der Waals surface area contributed by atoms with Gasteiger partial charge in [0.2, 0.25) is 0 Å². The summed E-state index contributed by atoms with van der Waals surface area (Å²) in [6.45, 7) is 5.35. The Kier molecular flexibility index (Phi) is 6.01. The van der Waals surface area contributed by atoms with Gasteiger partial charge in [0.1, 0.15) is 5.60 Å². The van der Waals surface area contributed by atoms with E-state index in [-0.39, 0.29) is 6.42 Å². The van der Waals surface area contributed by atoms with E-state index in [0.29, 0.717) is 12.8 Å². The Morgan fingerprint density at radius 2 is 1.81 bits per heavy atom. The topological polar surface area (TPSA) is 84.9 Å². The molecule has 1 unspecified atom stereocenters. The zero-order valence-electron chi connectivity index (χ0n) is 13.4. The van der Waals surface area contributed by atoms with Crippen molar-refractivity contribution in [3.05, 3.63) is 0 Å². The van der Waals surface area contributed by atoms with E-state index in [1.807, 2.05) is 0 Å². The summed E-state index contributed by atoms with van der Waals surface area (Å²) < 4.78 is 9.87. The van der Waals surface area contributed by atoms with Gasteiger partial charge in [-0.25, -0.2) is 4.79 Å². The van der Waals surface area contributed by atoms with Gasteiger partial charge in [-0.2, -0.15) is 0 Å². The molecule has 0 aromatic carbocycles. The average molecular weight is 301 g/mol. The number of hydrogen-bond donors (Lipinski definition) is 2. The fourth-order valence-electron chi connectivity index (χ4n) is 2.67. The first-order valence-electron chi connectivity index (χ1n) is 7.44. The summed E-state index contributed by atoms with van der Waals surface area (Å²) in [5, 5.41) is 13.2. The quantitative estimate of drug-likeness (QED) is 0.777. The lowest BCUT2D eigenvalue weighted by molar-refractivity contribution is -0.144. The molecule has 6 heteroatoms. The fraction of sp³-hybridized carbons (Fsp3) is 0.867. The Morgan fingerprint density at radius 1 is 1.24 bits per heavy atom. The largest absolute Gasteiger partial charge is 0.469 e. The SMILES string of the molecule is COC(=O)CC(O)C1(NC(=O)OC(C)(C)C)CCCCC1. The van der Waals surface area contributed by atoms with Crippen LogP contribution in [0.1, 0.15) is 59.3 Å². The first-order chi connectivity index (χ1) is 9.68. The number of esters is 1. The number of amides is 1. The summed E-state index contributed by atoms with van der Waals surface area (Å²) in [6.07, 6.45) is 2.44. The van der Waals surface area contributed by atoms with Crippen molar-refractivity contribution in [2.45, 2.75) is 76.5 Å². The molecule has 0 bridgehead atoms. The number of rotatable bonds is 4. The summed E-state index contributed by atoms with van der Waals surface area (Å²) in [5.41, 5.74) is -1.41. The number of methoxy groups -OCH3 is 1. The first kappa shape index (κ1) is 17.8. The molecular weight excluding hydrogens is 274 g/mol. The molecule has 0 radical (unpaired) electrons. The van der Waals surface area contributed by atoms with Crippen molar-refractivity contribution in [3.8, 4) is 0 Å². The van der Waals surface area contributed by atoms with Gasteiger partial charge in [0.15, 0.2) is 0 Å². The zero-order chi connectivity index (χ0) is 16.1. The first-order valence-corrected chi connectivity index (χ1v) is 7.44. The molecule has 2 N–H and O–H groups in total. The van der Waals surface area contributed by atoms with Crippen molar-refractivity contribution in [3.63, 3.8) is 0 Å². The molecule has 1 fully saturated rings. The summed E-state index contributed by atoms with van der Waals surface area (Å²) >= 11 is 0.